The van der Waals surface area contributed by atoms with Gasteiger partial charge in [0.2, 0.25) is 0 Å². The number of likely N-dealkylation sites (N-methyl/N-ethyl adjacent to an activating group) is 1. The maximum absolute atomic E-state index is 9.28. The summed E-state index contributed by atoms with van der Waals surface area (Å²) >= 11 is 0. The normalized spacial score (nSPS) is 19.1. The van der Waals surface area contributed by atoms with Gasteiger partial charge in [0.1, 0.15) is 11.9 Å². The number of nitriles is 1. The molecule has 0 radical (unpaired) electrons. The van der Waals surface area contributed by atoms with E-state index in [1.54, 1.807) is 0 Å². The van der Waals surface area contributed by atoms with Crippen molar-refractivity contribution in [3.63, 3.8) is 0 Å². The second-order valence-corrected chi connectivity index (χ2v) is 5.35. The summed E-state index contributed by atoms with van der Waals surface area (Å²) < 4.78 is 0. The Morgan fingerprint density at radius 3 is 3.05 bits per heavy atom. The summed E-state index contributed by atoms with van der Waals surface area (Å²) in [5.74, 6) is 0.700. The molecular formula is C16H18N4. The first-order chi connectivity index (χ1) is 9.78. The summed E-state index contributed by atoms with van der Waals surface area (Å²) in [6.45, 7) is 2.00. The second kappa shape index (κ2) is 5.48. The molecule has 1 atom stereocenters. The predicted molar refractivity (Wildman–Crippen MR) is 80.6 cm³/mol. The Morgan fingerprint density at radius 1 is 1.45 bits per heavy atom. The topological polar surface area (TPSA) is 52.0 Å². The van der Waals surface area contributed by atoms with Crippen LogP contribution in [-0.4, -0.2) is 36.1 Å². The van der Waals surface area contributed by atoms with Crippen molar-refractivity contribution in [2.75, 3.05) is 25.5 Å². The number of hydrogen-bond donors (Lipinski definition) is 1. The molecule has 0 amide bonds. The van der Waals surface area contributed by atoms with E-state index < -0.39 is 0 Å². The van der Waals surface area contributed by atoms with E-state index in [4.69, 9.17) is 0 Å². The molecule has 0 aliphatic carbocycles. The molecule has 1 fully saturated rings. The highest BCUT2D eigenvalue weighted by molar-refractivity contribution is 5.82. The average Bonchev–Trinajstić information content (AvgIpc) is 2.89. The number of benzene rings is 1. The summed E-state index contributed by atoms with van der Waals surface area (Å²) in [7, 11) is 2.15. The maximum Gasteiger partial charge on any atom is 0.144 e. The number of nitrogens with one attached hydrogen (secondary N) is 1. The number of pyridine rings is 1. The fourth-order valence-electron chi connectivity index (χ4n) is 2.79. The van der Waals surface area contributed by atoms with Crippen molar-refractivity contribution < 1.29 is 0 Å². The van der Waals surface area contributed by atoms with Crippen LogP contribution >= 0.6 is 0 Å². The Balaban J connectivity index is 1.84. The van der Waals surface area contributed by atoms with Crippen LogP contribution in [0.5, 0.6) is 0 Å². The second-order valence-electron chi connectivity index (χ2n) is 5.35. The molecule has 4 nitrogen and oxygen atoms in total. The van der Waals surface area contributed by atoms with Crippen LogP contribution in [0.2, 0.25) is 0 Å². The highest BCUT2D eigenvalue weighted by atomic mass is 15.2. The Morgan fingerprint density at radius 2 is 2.30 bits per heavy atom. The number of rotatable bonds is 3. The van der Waals surface area contributed by atoms with Crippen molar-refractivity contribution >= 4 is 16.7 Å². The Bertz CT molecular complexity index is 659. The quantitative estimate of drug-likeness (QED) is 0.927. The zero-order chi connectivity index (χ0) is 13.9. The first kappa shape index (κ1) is 12.9. The molecular weight excluding hydrogens is 248 g/mol. The molecule has 4 heteroatoms. The third-order valence-electron chi connectivity index (χ3n) is 4.02. The van der Waals surface area contributed by atoms with E-state index in [0.29, 0.717) is 17.4 Å². The van der Waals surface area contributed by atoms with Gasteiger partial charge in [-0.25, -0.2) is 4.98 Å². The van der Waals surface area contributed by atoms with Gasteiger partial charge < -0.3 is 10.2 Å². The average molecular weight is 266 g/mol. The van der Waals surface area contributed by atoms with E-state index in [1.165, 1.54) is 12.8 Å². The van der Waals surface area contributed by atoms with Crippen molar-refractivity contribution in [2.24, 2.45) is 0 Å². The fraction of sp³-hybridized carbons (Fsp3) is 0.375. The van der Waals surface area contributed by atoms with Crippen molar-refractivity contribution in [3.05, 3.63) is 35.9 Å². The maximum atomic E-state index is 9.28. The van der Waals surface area contributed by atoms with Gasteiger partial charge in [0.25, 0.3) is 0 Å². The smallest absolute Gasteiger partial charge is 0.144 e. The zero-order valence-corrected chi connectivity index (χ0v) is 11.6. The molecule has 1 aromatic carbocycles. The minimum absolute atomic E-state index is 0.537. The van der Waals surface area contributed by atoms with E-state index in [1.807, 2.05) is 30.3 Å². The number of anilines is 1. The summed E-state index contributed by atoms with van der Waals surface area (Å²) in [5.41, 5.74) is 1.54. The molecule has 1 aromatic heterocycles. The number of aromatic nitrogens is 1. The number of nitrogens with zero attached hydrogens (tertiary/aromatic N) is 3. The van der Waals surface area contributed by atoms with Gasteiger partial charge in [-0.2, -0.15) is 5.26 Å². The van der Waals surface area contributed by atoms with Gasteiger partial charge in [-0.1, -0.05) is 18.2 Å². The molecule has 1 saturated heterocycles. The third-order valence-corrected chi connectivity index (χ3v) is 4.02. The molecule has 0 saturated carbocycles. The molecule has 20 heavy (non-hydrogen) atoms. The Kier molecular flexibility index (Phi) is 3.53. The molecule has 102 valence electrons. The molecule has 1 unspecified atom stereocenters. The highest BCUT2D eigenvalue weighted by Gasteiger charge is 2.20. The van der Waals surface area contributed by atoms with E-state index >= 15 is 0 Å². The van der Waals surface area contributed by atoms with E-state index in [0.717, 1.165) is 24.0 Å². The molecule has 1 aliphatic rings. The van der Waals surface area contributed by atoms with Crippen LogP contribution in [0, 0.1) is 11.3 Å². The summed E-state index contributed by atoms with van der Waals surface area (Å²) in [5, 5.41) is 13.6. The van der Waals surface area contributed by atoms with E-state index in [9.17, 15) is 5.26 Å². The van der Waals surface area contributed by atoms with Gasteiger partial charge >= 0.3 is 0 Å². The van der Waals surface area contributed by atoms with Gasteiger partial charge in [0.05, 0.1) is 11.1 Å². The van der Waals surface area contributed by atoms with Crippen LogP contribution in [0.25, 0.3) is 10.9 Å². The molecule has 1 aliphatic heterocycles. The largest absolute Gasteiger partial charge is 0.367 e. The van der Waals surface area contributed by atoms with Crippen LogP contribution in [0.15, 0.2) is 30.3 Å². The van der Waals surface area contributed by atoms with Crippen molar-refractivity contribution in [3.8, 4) is 6.07 Å². The number of fused-ring (bicyclic) bond motifs is 1. The lowest BCUT2D eigenvalue weighted by Gasteiger charge is -2.20. The lowest BCUT2D eigenvalue weighted by molar-refractivity contribution is 0.322. The van der Waals surface area contributed by atoms with Crippen LogP contribution < -0.4 is 5.32 Å². The highest BCUT2D eigenvalue weighted by Crippen LogP contribution is 2.21. The van der Waals surface area contributed by atoms with Crippen molar-refractivity contribution in [2.45, 2.75) is 18.9 Å². The fourth-order valence-corrected chi connectivity index (χ4v) is 2.79. The monoisotopic (exact) mass is 266 g/mol. The Hall–Kier alpha value is -2.12. The minimum atomic E-state index is 0.537. The molecule has 1 N–H and O–H groups in total. The van der Waals surface area contributed by atoms with Crippen LogP contribution in [0.1, 0.15) is 18.4 Å². The summed E-state index contributed by atoms with van der Waals surface area (Å²) in [6, 6.07) is 12.6. The zero-order valence-electron chi connectivity index (χ0n) is 11.6. The molecule has 0 spiro atoms. The minimum Gasteiger partial charge on any atom is -0.367 e. The van der Waals surface area contributed by atoms with E-state index in [-0.39, 0.29) is 0 Å². The van der Waals surface area contributed by atoms with Gasteiger partial charge in [-0.15, -0.1) is 0 Å². The lowest BCUT2D eigenvalue weighted by Crippen LogP contribution is -2.31. The summed E-state index contributed by atoms with van der Waals surface area (Å²) in [6.07, 6.45) is 2.46. The number of hydrogen-bond acceptors (Lipinski definition) is 4. The SMILES string of the molecule is CN1CCCC1CNc1nc2ccccc2cc1C#N. The molecule has 3 rings (SSSR count). The van der Waals surface area contributed by atoms with Crippen LogP contribution in [0.3, 0.4) is 0 Å². The number of likely N-dealkylation sites (tertiary alicyclic amines) is 1. The van der Waals surface area contributed by atoms with Gasteiger partial charge in [0, 0.05) is 18.0 Å². The van der Waals surface area contributed by atoms with Gasteiger partial charge in [-0.05, 0) is 38.6 Å². The summed E-state index contributed by atoms with van der Waals surface area (Å²) in [4.78, 5) is 6.94. The van der Waals surface area contributed by atoms with Crippen molar-refractivity contribution in [1.29, 1.82) is 5.26 Å². The lowest BCUT2D eigenvalue weighted by atomic mass is 10.1. The van der Waals surface area contributed by atoms with Crippen LogP contribution in [-0.2, 0) is 0 Å². The van der Waals surface area contributed by atoms with Crippen LogP contribution in [0.4, 0.5) is 5.82 Å². The van der Waals surface area contributed by atoms with E-state index in [2.05, 4.69) is 28.3 Å². The standard InChI is InChI=1S/C16H18N4/c1-20-8-4-6-14(20)11-18-16-13(10-17)9-12-5-2-3-7-15(12)19-16/h2-3,5,7,9,14H,4,6,8,11H2,1H3,(H,18,19). The molecule has 2 aromatic rings. The first-order valence-corrected chi connectivity index (χ1v) is 7.02. The van der Waals surface area contributed by atoms with Gasteiger partial charge in [0.15, 0.2) is 0 Å². The third kappa shape index (κ3) is 2.45. The van der Waals surface area contributed by atoms with Crippen molar-refractivity contribution in [1.82, 2.24) is 9.88 Å². The predicted octanol–water partition coefficient (Wildman–Crippen LogP) is 2.61. The van der Waals surface area contributed by atoms with Gasteiger partial charge in [-0.3, -0.25) is 0 Å². The Labute approximate surface area is 119 Å². The number of para-hydroxylation sites is 1. The first-order valence-electron chi connectivity index (χ1n) is 7.02. The molecule has 0 bridgehead atoms. The molecule has 2 heterocycles.